The van der Waals surface area contributed by atoms with E-state index in [0.717, 1.165) is 73.3 Å². The minimum atomic E-state index is 0. The number of benzene rings is 20. The van der Waals surface area contributed by atoms with Crippen molar-refractivity contribution in [1.82, 2.24) is 9.13 Å². The monoisotopic (exact) mass is 1630 g/mol. The lowest BCUT2D eigenvalue weighted by Crippen LogP contribution is -2.12. The zero-order valence-electron chi connectivity index (χ0n) is 68.0. The first-order valence-electron chi connectivity index (χ1n) is 41.7. The summed E-state index contributed by atoms with van der Waals surface area (Å²) in [6.45, 7) is 0. The van der Waals surface area contributed by atoms with E-state index in [2.05, 4.69) is 508 Å². The summed E-state index contributed by atoms with van der Waals surface area (Å²) < 4.78 is 4.72. The first-order chi connectivity index (χ1) is 60.9. The molecular formula is C116H84ClN6P-2. The number of para-hydroxylation sites is 6. The molecule has 2 heterocycles. The number of hydrogen-bond donors (Lipinski definition) is 1. The van der Waals surface area contributed by atoms with Gasteiger partial charge in [-0.15, -0.1) is 0 Å². The maximum atomic E-state index is 6.05. The van der Waals surface area contributed by atoms with E-state index < -0.39 is 0 Å². The summed E-state index contributed by atoms with van der Waals surface area (Å²) in [7, 11) is 0. The number of fused-ring (bicyclic) bond motifs is 8. The first kappa shape index (κ1) is 78.3. The van der Waals surface area contributed by atoms with Crippen LogP contribution in [0.4, 0.5) is 62.6 Å². The van der Waals surface area contributed by atoms with Gasteiger partial charge in [0, 0.05) is 106 Å². The third kappa shape index (κ3) is 16.2. The minimum absolute atomic E-state index is 0. The largest absolute Gasteiger partial charge is 1.51 e. The number of nitrogens with one attached hydrogen (secondary N) is 1. The molecular weight excluding hydrogens is 1540 g/mol. The fourth-order valence-electron chi connectivity index (χ4n) is 17.1. The summed E-state index contributed by atoms with van der Waals surface area (Å²) in [6.07, 6.45) is 0. The van der Waals surface area contributed by atoms with E-state index in [0.29, 0.717) is 0 Å². The topological polar surface area (TPSA) is 31.6 Å². The van der Waals surface area contributed by atoms with Crippen LogP contribution in [0.5, 0.6) is 0 Å². The zero-order chi connectivity index (χ0) is 82.2. The summed E-state index contributed by atoms with van der Waals surface area (Å²) in [6, 6.07) is 176. The molecule has 1 N–H and O–H groups in total. The maximum absolute atomic E-state index is 6.05. The molecule has 0 amide bonds. The van der Waals surface area contributed by atoms with Crippen LogP contribution in [0.3, 0.4) is 0 Å². The molecule has 0 radical (unpaired) electrons. The standard InChI is InChI=1S/C58H41N3.C34H26N2.C24H16ClN.HP/c1-4-15-42(16-5-1)43-27-32-49(33-28-43)59(47-19-6-2-7-20-47)50-36-38-52(39-37-50)60(56-26-14-18-45-17-10-11-23-53(45)56)51-34-29-44(30-35-51)46-31-40-55-54-24-12-13-25-57(54)61(58(55)41-46)48-21-8-3-9-22-48;1-3-10-26(11-4-1)27-18-22-31(23-19-27)36(30-14-5-2-6-15-30)32-24-20-29(21-25-32)35-34-17-9-13-28-12-7-8-16-33(28)34;25-19-13-10-17(11-14-19)18-12-15-22-21-8-4-5-9-23(21)26(24(22)16-18)20-6-2-1-3-7-20;/h1-41H;1-25,35H;1-16H;1H/q;;;-2. The van der Waals surface area contributed by atoms with Crippen molar-refractivity contribution >= 4 is 149 Å². The lowest BCUT2D eigenvalue weighted by molar-refractivity contribution is 1.18. The van der Waals surface area contributed by atoms with Crippen LogP contribution in [0.1, 0.15) is 0 Å². The third-order valence-corrected chi connectivity index (χ3v) is 23.3. The smallest absolute Gasteiger partial charge is 0.0547 e. The van der Waals surface area contributed by atoms with Crippen LogP contribution in [0.2, 0.25) is 5.02 Å². The van der Waals surface area contributed by atoms with Crippen molar-refractivity contribution in [3.8, 4) is 55.9 Å². The van der Waals surface area contributed by atoms with Gasteiger partial charge >= 0.3 is 0 Å². The Morgan fingerprint density at radius 2 is 0.476 bits per heavy atom. The Labute approximate surface area is 731 Å². The highest BCUT2D eigenvalue weighted by Crippen LogP contribution is 2.45. The molecule has 0 fully saturated rings. The van der Waals surface area contributed by atoms with E-state index in [1.807, 2.05) is 18.2 Å². The van der Waals surface area contributed by atoms with Crippen molar-refractivity contribution in [1.29, 1.82) is 0 Å². The lowest BCUT2D eigenvalue weighted by atomic mass is 10.0. The van der Waals surface area contributed by atoms with Crippen molar-refractivity contribution in [2.45, 2.75) is 0 Å². The van der Waals surface area contributed by atoms with Gasteiger partial charge in [-0.1, -0.05) is 327 Å². The Balaban J connectivity index is 0.000000135. The van der Waals surface area contributed by atoms with Crippen molar-refractivity contribution in [2.75, 3.05) is 20.0 Å². The molecule has 592 valence electrons. The SMILES string of the molecule is Clc1ccc(-c2ccc3c4ccccc4n(-c4ccccc4)c3c2)cc1.[PH-2].c1ccc(-c2ccc(N(c3ccccc3)c3ccc(N(c4ccc(-c5ccc6c7ccccc7n(-c7ccccc7)c6c5)cc4)c4cccc5ccccc45)cc3)cc2)cc1.c1ccc(-c2ccc(N(c3ccccc3)c3ccc(Nc4cccc5ccccc45)cc3)cc2)cc1. The van der Waals surface area contributed by atoms with Crippen LogP contribution in [-0.2, 0) is 0 Å². The predicted octanol–water partition coefficient (Wildman–Crippen LogP) is 33.6. The summed E-state index contributed by atoms with van der Waals surface area (Å²) in [4.78, 5) is 6.99. The molecule has 22 rings (SSSR count). The van der Waals surface area contributed by atoms with Crippen LogP contribution in [-0.4, -0.2) is 9.13 Å². The van der Waals surface area contributed by atoms with E-state index in [1.165, 1.54) is 115 Å². The molecule has 2 aromatic heterocycles. The molecule has 20 aromatic carbocycles. The predicted molar refractivity (Wildman–Crippen MR) is 532 cm³/mol. The minimum Gasteiger partial charge on any atom is -1.51 e. The second-order valence-corrected chi connectivity index (χ2v) is 31.0. The van der Waals surface area contributed by atoms with E-state index in [9.17, 15) is 0 Å². The van der Waals surface area contributed by atoms with Gasteiger partial charge in [-0.3, -0.25) is 0 Å². The Bertz CT molecular complexity index is 7390. The zero-order valence-corrected chi connectivity index (χ0v) is 69.7. The Hall–Kier alpha value is -15.6. The summed E-state index contributed by atoms with van der Waals surface area (Å²) >= 11 is 6.05. The second-order valence-electron chi connectivity index (χ2n) is 30.6. The van der Waals surface area contributed by atoms with Crippen molar-refractivity contribution in [3.63, 3.8) is 0 Å². The van der Waals surface area contributed by atoms with Crippen LogP contribution < -0.4 is 20.0 Å². The number of nitrogens with zero attached hydrogens (tertiary/aromatic N) is 5. The second kappa shape index (κ2) is 35.8. The highest BCUT2D eigenvalue weighted by Gasteiger charge is 2.22. The molecule has 0 aliphatic rings. The van der Waals surface area contributed by atoms with Gasteiger partial charge in [0.1, 0.15) is 0 Å². The van der Waals surface area contributed by atoms with E-state index in [4.69, 9.17) is 11.6 Å². The molecule has 6 nitrogen and oxygen atoms in total. The number of hydrogen-bond acceptors (Lipinski definition) is 4. The molecule has 22 aromatic rings. The molecule has 0 atom stereocenters. The molecule has 124 heavy (non-hydrogen) atoms. The summed E-state index contributed by atoms with van der Waals surface area (Å²) in [5.74, 6) is 0. The lowest BCUT2D eigenvalue weighted by Gasteiger charge is -2.29. The van der Waals surface area contributed by atoms with E-state index in [1.54, 1.807) is 0 Å². The molecule has 0 unspecified atom stereocenters. The van der Waals surface area contributed by atoms with Crippen LogP contribution >= 0.6 is 21.5 Å². The number of rotatable bonds is 17. The Morgan fingerprint density at radius 3 is 0.911 bits per heavy atom. The molecule has 0 bridgehead atoms. The van der Waals surface area contributed by atoms with Gasteiger partial charge < -0.3 is 39.0 Å². The number of anilines is 11. The molecule has 0 saturated carbocycles. The van der Waals surface area contributed by atoms with Crippen molar-refractivity contribution in [3.05, 3.63) is 502 Å². The van der Waals surface area contributed by atoms with Gasteiger partial charge in [0.25, 0.3) is 0 Å². The quantitative estimate of drug-likeness (QED) is 0.0921. The van der Waals surface area contributed by atoms with E-state index >= 15 is 0 Å². The summed E-state index contributed by atoms with van der Waals surface area (Å²) in [5.41, 5.74) is 28.8. The average Bonchev–Trinajstić information content (AvgIpc) is 1.59. The fourth-order valence-corrected chi connectivity index (χ4v) is 17.3. The molecule has 0 aliphatic carbocycles. The highest BCUT2D eigenvalue weighted by atomic mass is 35.5. The molecule has 8 heteroatoms. The van der Waals surface area contributed by atoms with Gasteiger partial charge in [-0.25, -0.2) is 0 Å². The molecule has 0 aliphatic heterocycles. The highest BCUT2D eigenvalue weighted by molar-refractivity contribution is 6.92. The first-order valence-corrected chi connectivity index (χ1v) is 42.1. The van der Waals surface area contributed by atoms with E-state index in [-0.39, 0.29) is 9.90 Å². The Kier molecular flexibility index (Phi) is 22.6. The van der Waals surface area contributed by atoms with Crippen molar-refractivity contribution < 1.29 is 0 Å². The van der Waals surface area contributed by atoms with Gasteiger partial charge in [-0.05, 0) is 237 Å². The molecule has 0 saturated heterocycles. The van der Waals surface area contributed by atoms with Crippen LogP contribution in [0, 0.1) is 0 Å². The van der Waals surface area contributed by atoms with Crippen LogP contribution in [0.15, 0.2) is 497 Å². The fraction of sp³-hybridized carbons (Fsp3) is 0. The maximum Gasteiger partial charge on any atom is 0.0547 e. The van der Waals surface area contributed by atoms with Gasteiger partial charge in [-0.2, -0.15) is 0 Å². The Morgan fingerprint density at radius 1 is 0.194 bits per heavy atom. The van der Waals surface area contributed by atoms with Crippen molar-refractivity contribution in [2.24, 2.45) is 0 Å². The summed E-state index contributed by atoms with van der Waals surface area (Å²) in [5, 5.41) is 14.2. The third-order valence-electron chi connectivity index (χ3n) is 23.1. The van der Waals surface area contributed by atoms with Crippen LogP contribution in [0.25, 0.3) is 121 Å². The number of aromatic nitrogens is 2. The van der Waals surface area contributed by atoms with Gasteiger partial charge in [0.05, 0.1) is 27.8 Å². The normalized spacial score (nSPS) is 11.0. The number of halogens is 1. The average molecular weight is 1630 g/mol. The molecule has 0 spiro atoms. The van der Waals surface area contributed by atoms with Gasteiger partial charge in [0.15, 0.2) is 0 Å². The van der Waals surface area contributed by atoms with Gasteiger partial charge in [0.2, 0.25) is 0 Å².